The van der Waals surface area contributed by atoms with Crippen molar-refractivity contribution in [2.45, 2.75) is 26.2 Å². The molecule has 8 heteroatoms. The van der Waals surface area contributed by atoms with Crippen molar-refractivity contribution >= 4 is 13.6 Å². The summed E-state index contributed by atoms with van der Waals surface area (Å²) in [4.78, 5) is 15.4. The molecule has 1 aromatic rings. The van der Waals surface area contributed by atoms with Crippen LogP contribution in [0.1, 0.15) is 26.2 Å². The number of hydrogen-bond donors (Lipinski definition) is 1. The van der Waals surface area contributed by atoms with Crippen LogP contribution in [0.3, 0.4) is 0 Å². The van der Waals surface area contributed by atoms with Crippen LogP contribution in [-0.4, -0.2) is 35.0 Å². The van der Waals surface area contributed by atoms with Gasteiger partial charge in [0.25, 0.3) is 0 Å². The third-order valence-corrected chi connectivity index (χ3v) is 4.59. The molecule has 0 aliphatic heterocycles. The lowest BCUT2D eigenvalue weighted by Crippen LogP contribution is -2.22. The maximum atomic E-state index is 12.5. The highest BCUT2D eigenvalue weighted by molar-refractivity contribution is 7.54. The Bertz CT molecular complexity index is 543. The van der Waals surface area contributed by atoms with Crippen LogP contribution >= 0.6 is 7.60 Å². The normalized spacial score (nSPS) is 13.8. The number of amides is 1. The molecule has 1 heterocycles. The molecule has 0 spiro atoms. The van der Waals surface area contributed by atoms with Crippen molar-refractivity contribution in [2.24, 2.45) is 0 Å². The molecular formula is C15H24N3O4P. The molecule has 1 aromatic heterocycles. The van der Waals surface area contributed by atoms with Gasteiger partial charge < -0.3 is 14.4 Å². The smallest absolute Gasteiger partial charge is 0.314 e. The van der Waals surface area contributed by atoms with E-state index in [1.165, 1.54) is 35.6 Å². The summed E-state index contributed by atoms with van der Waals surface area (Å²) in [7, 11) is -3.22. The van der Waals surface area contributed by atoms with Crippen LogP contribution in [0.2, 0.25) is 0 Å². The van der Waals surface area contributed by atoms with Gasteiger partial charge in [0, 0.05) is 18.6 Å². The average Bonchev–Trinajstić information content (AvgIpc) is 3.08. The summed E-state index contributed by atoms with van der Waals surface area (Å²) in [5.41, 5.74) is 0. The fraction of sp³-hybridized carbons (Fsp3) is 0.467. The van der Waals surface area contributed by atoms with Gasteiger partial charge in [-0.15, -0.1) is 6.58 Å². The lowest BCUT2D eigenvalue weighted by molar-refractivity contribution is 0.217. The van der Waals surface area contributed by atoms with E-state index in [9.17, 15) is 9.36 Å². The van der Waals surface area contributed by atoms with E-state index >= 15 is 0 Å². The van der Waals surface area contributed by atoms with Crippen molar-refractivity contribution in [3.8, 4) is 0 Å². The molecule has 1 atom stereocenters. The number of hydrogen-bond acceptors (Lipinski definition) is 5. The molecular weight excluding hydrogens is 317 g/mol. The molecule has 0 fully saturated rings. The molecule has 128 valence electrons. The third kappa shape index (κ3) is 7.93. The predicted octanol–water partition coefficient (Wildman–Crippen LogP) is 3.56. The van der Waals surface area contributed by atoms with Gasteiger partial charge in [-0.1, -0.05) is 31.9 Å². The molecule has 0 bridgehead atoms. The standard InChI is InChI=1S/C15H24N3O4P/c1-3-5-6-12-22-23(20,21-11-4-2)13-7-8-17-15(19)18-10-9-16-14-18/h4,7-10,14H,2-3,5-6,11-13H2,1H3,(H,17,19). The van der Waals surface area contributed by atoms with Crippen molar-refractivity contribution in [1.29, 1.82) is 0 Å². The molecule has 7 nitrogen and oxygen atoms in total. The summed E-state index contributed by atoms with van der Waals surface area (Å²) in [6.07, 6.45) is 11.9. The summed E-state index contributed by atoms with van der Waals surface area (Å²) < 4.78 is 24.5. The first-order chi connectivity index (χ1) is 11.1. The second-order valence-corrected chi connectivity index (χ2v) is 6.84. The predicted molar refractivity (Wildman–Crippen MR) is 89.4 cm³/mol. The van der Waals surface area contributed by atoms with Crippen molar-refractivity contribution < 1.29 is 18.4 Å². The molecule has 1 N–H and O–H groups in total. The van der Waals surface area contributed by atoms with Crippen molar-refractivity contribution in [2.75, 3.05) is 19.4 Å². The van der Waals surface area contributed by atoms with Gasteiger partial charge in [-0.2, -0.15) is 0 Å². The fourth-order valence-corrected chi connectivity index (χ4v) is 3.02. The summed E-state index contributed by atoms with van der Waals surface area (Å²) in [6, 6.07) is -0.357. The Balaban J connectivity index is 2.45. The highest BCUT2D eigenvalue weighted by Crippen LogP contribution is 2.48. The van der Waals surface area contributed by atoms with Crippen LogP contribution in [0.5, 0.6) is 0 Å². The quantitative estimate of drug-likeness (QED) is 0.378. The molecule has 23 heavy (non-hydrogen) atoms. The number of aromatic nitrogens is 2. The van der Waals surface area contributed by atoms with Crippen LogP contribution in [0.15, 0.2) is 43.7 Å². The number of carbonyl (C=O) groups excluding carboxylic acids is 1. The Morgan fingerprint density at radius 3 is 2.91 bits per heavy atom. The van der Waals surface area contributed by atoms with Crippen LogP contribution in [-0.2, 0) is 13.6 Å². The van der Waals surface area contributed by atoms with Crippen LogP contribution < -0.4 is 5.32 Å². The van der Waals surface area contributed by atoms with E-state index in [4.69, 9.17) is 9.05 Å². The van der Waals surface area contributed by atoms with E-state index < -0.39 is 7.60 Å². The first-order valence-electron chi connectivity index (χ1n) is 7.54. The van der Waals surface area contributed by atoms with E-state index in [-0.39, 0.29) is 18.8 Å². The zero-order chi connectivity index (χ0) is 17.0. The topological polar surface area (TPSA) is 82.5 Å². The van der Waals surface area contributed by atoms with E-state index in [2.05, 4.69) is 23.8 Å². The largest absolute Gasteiger partial charge is 0.334 e. The van der Waals surface area contributed by atoms with Gasteiger partial charge in [0.05, 0.1) is 19.4 Å². The van der Waals surface area contributed by atoms with E-state index in [0.29, 0.717) is 6.61 Å². The monoisotopic (exact) mass is 341 g/mol. The first kappa shape index (κ1) is 19.4. The van der Waals surface area contributed by atoms with E-state index in [0.717, 1.165) is 19.3 Å². The number of allylic oxidation sites excluding steroid dienone is 1. The zero-order valence-corrected chi connectivity index (χ0v) is 14.3. The fourth-order valence-electron chi connectivity index (χ4n) is 1.63. The van der Waals surface area contributed by atoms with Crippen LogP contribution in [0.25, 0.3) is 0 Å². The van der Waals surface area contributed by atoms with E-state index in [1.807, 2.05) is 0 Å². The maximum Gasteiger partial charge on any atom is 0.334 e. The highest BCUT2D eigenvalue weighted by Gasteiger charge is 2.22. The van der Waals surface area contributed by atoms with Crippen molar-refractivity contribution in [3.63, 3.8) is 0 Å². The van der Waals surface area contributed by atoms with Gasteiger partial charge >= 0.3 is 13.6 Å². The molecule has 1 unspecified atom stereocenters. The summed E-state index contributed by atoms with van der Waals surface area (Å²) in [5, 5.41) is 2.54. The van der Waals surface area contributed by atoms with Gasteiger partial charge in [0.1, 0.15) is 6.33 Å². The minimum Gasteiger partial charge on any atom is -0.314 e. The maximum absolute atomic E-state index is 12.5. The van der Waals surface area contributed by atoms with E-state index in [1.54, 1.807) is 6.08 Å². The number of unbranched alkanes of at least 4 members (excludes halogenated alkanes) is 2. The molecule has 0 saturated heterocycles. The lowest BCUT2D eigenvalue weighted by atomic mass is 10.3. The van der Waals surface area contributed by atoms with Crippen molar-refractivity contribution in [1.82, 2.24) is 14.9 Å². The Hall–Kier alpha value is -1.69. The van der Waals surface area contributed by atoms with Gasteiger partial charge in [0.2, 0.25) is 0 Å². The summed E-state index contributed by atoms with van der Waals surface area (Å²) in [6.45, 7) is 6.16. The van der Waals surface area contributed by atoms with Gasteiger partial charge in [-0.05, 0) is 6.42 Å². The molecule has 0 aliphatic rings. The summed E-state index contributed by atoms with van der Waals surface area (Å²) in [5.74, 6) is 0. The molecule has 0 aromatic carbocycles. The Morgan fingerprint density at radius 2 is 2.26 bits per heavy atom. The minimum atomic E-state index is -3.22. The first-order valence-corrected chi connectivity index (χ1v) is 9.27. The Kier molecular flexibility index (Phi) is 9.21. The van der Waals surface area contributed by atoms with Crippen LogP contribution in [0, 0.1) is 0 Å². The summed E-state index contributed by atoms with van der Waals surface area (Å²) >= 11 is 0. The second-order valence-electron chi connectivity index (χ2n) is 4.74. The number of nitrogens with zero attached hydrogens (tertiary/aromatic N) is 2. The second kappa shape index (κ2) is 10.9. The molecule has 1 rings (SSSR count). The Labute approximate surface area is 136 Å². The average molecular weight is 341 g/mol. The minimum absolute atomic E-state index is 0.0805. The van der Waals surface area contributed by atoms with Gasteiger partial charge in [0.15, 0.2) is 0 Å². The SMILES string of the molecule is C=CCOP(=O)(CC=CNC(=O)n1ccnc1)OCCCCC. The number of nitrogens with one attached hydrogen (secondary N) is 1. The highest BCUT2D eigenvalue weighted by atomic mass is 31.2. The van der Waals surface area contributed by atoms with Crippen molar-refractivity contribution in [3.05, 3.63) is 43.7 Å². The van der Waals surface area contributed by atoms with Gasteiger partial charge in [-0.3, -0.25) is 9.13 Å². The number of imidazole rings is 1. The van der Waals surface area contributed by atoms with Gasteiger partial charge in [-0.25, -0.2) is 9.78 Å². The molecule has 0 radical (unpaired) electrons. The third-order valence-electron chi connectivity index (χ3n) is 2.82. The van der Waals surface area contributed by atoms with Crippen LogP contribution in [0.4, 0.5) is 4.79 Å². The number of rotatable bonds is 11. The molecule has 1 amide bonds. The lowest BCUT2D eigenvalue weighted by Gasteiger charge is -2.16. The molecule has 0 aliphatic carbocycles. The Morgan fingerprint density at radius 1 is 1.43 bits per heavy atom. The zero-order valence-electron chi connectivity index (χ0n) is 13.4. The number of carbonyl (C=O) groups is 1. The molecule has 0 saturated carbocycles.